The predicted octanol–water partition coefficient (Wildman–Crippen LogP) is 3.68. The molecule has 24 heavy (non-hydrogen) atoms. The second-order valence-electron chi connectivity index (χ2n) is 4.99. The average Bonchev–Trinajstić information content (AvgIpc) is 2.84. The van der Waals surface area contributed by atoms with Crippen LogP contribution in [0, 0.1) is 0 Å². The van der Waals surface area contributed by atoms with Crippen molar-refractivity contribution in [3.05, 3.63) is 62.5 Å². The van der Waals surface area contributed by atoms with E-state index in [1.54, 1.807) is 49.6 Å². The molecule has 1 fully saturated rings. The van der Waals surface area contributed by atoms with Crippen molar-refractivity contribution < 1.29 is 14.3 Å². The topological polar surface area (TPSA) is 58.6 Å². The van der Waals surface area contributed by atoms with Crippen LogP contribution in [0.25, 0.3) is 6.08 Å². The lowest BCUT2D eigenvalue weighted by Crippen LogP contribution is -2.35. The largest absolute Gasteiger partial charge is 0.494 e. The third kappa shape index (κ3) is 3.09. The van der Waals surface area contributed by atoms with Crippen LogP contribution in [0.15, 0.2) is 57.0 Å². The maximum Gasteiger partial charge on any atom is 0.282 e. The molecule has 1 heterocycles. The highest BCUT2D eigenvalue weighted by atomic mass is 79.9. The van der Waals surface area contributed by atoms with Gasteiger partial charge in [-0.3, -0.25) is 15.0 Å². The summed E-state index contributed by atoms with van der Waals surface area (Å²) < 4.78 is 6.69. The molecule has 1 aliphatic rings. The predicted molar refractivity (Wildman–Crippen MR) is 98.4 cm³/mol. The average molecular weight is 452 g/mol. The van der Waals surface area contributed by atoms with Crippen LogP contribution < -0.4 is 15.2 Å². The first-order valence-electron chi connectivity index (χ1n) is 6.96. The third-order valence-corrected chi connectivity index (χ3v) is 4.62. The lowest BCUT2D eigenvalue weighted by Gasteiger charge is -2.13. The number of halogens is 2. The molecule has 2 aromatic rings. The van der Waals surface area contributed by atoms with Gasteiger partial charge in [-0.2, -0.15) is 0 Å². The van der Waals surface area contributed by atoms with Crippen molar-refractivity contribution in [1.29, 1.82) is 0 Å². The van der Waals surface area contributed by atoms with Gasteiger partial charge in [0.05, 0.1) is 21.7 Å². The fraction of sp³-hybridized carbons (Fsp3) is 0.0588. The minimum absolute atomic E-state index is 0.0721. The summed E-state index contributed by atoms with van der Waals surface area (Å²) in [6.07, 6.45) is 1.55. The zero-order valence-corrected chi connectivity index (χ0v) is 15.7. The highest BCUT2D eigenvalue weighted by molar-refractivity contribution is 9.11. The Bertz CT molecular complexity index is 827. The van der Waals surface area contributed by atoms with E-state index in [0.29, 0.717) is 17.0 Å². The molecule has 1 N–H and O–H groups in total. The third-order valence-electron chi connectivity index (χ3n) is 3.44. The van der Waals surface area contributed by atoms with Gasteiger partial charge in [0.2, 0.25) is 0 Å². The fourth-order valence-electron chi connectivity index (χ4n) is 2.34. The molecule has 0 aliphatic carbocycles. The number of hydrogen-bond donors (Lipinski definition) is 1. The molecule has 122 valence electrons. The molecule has 2 aromatic carbocycles. The Morgan fingerprint density at radius 1 is 1.08 bits per heavy atom. The van der Waals surface area contributed by atoms with Crippen LogP contribution in [0.2, 0.25) is 0 Å². The van der Waals surface area contributed by atoms with E-state index >= 15 is 0 Å². The summed E-state index contributed by atoms with van der Waals surface area (Å²) in [7, 11) is 1.56. The van der Waals surface area contributed by atoms with Gasteiger partial charge < -0.3 is 4.74 Å². The molecule has 7 heteroatoms. The van der Waals surface area contributed by atoms with Gasteiger partial charge in [-0.15, -0.1) is 0 Å². The Morgan fingerprint density at radius 3 is 2.29 bits per heavy atom. The van der Waals surface area contributed by atoms with Crippen molar-refractivity contribution in [2.45, 2.75) is 0 Å². The molecule has 1 aliphatic heterocycles. The second kappa shape index (κ2) is 6.78. The van der Waals surface area contributed by atoms with E-state index < -0.39 is 11.8 Å². The van der Waals surface area contributed by atoms with Crippen LogP contribution in [0.3, 0.4) is 0 Å². The number of hydrogen-bond acceptors (Lipinski definition) is 3. The minimum atomic E-state index is -0.438. The number of amides is 2. The monoisotopic (exact) mass is 450 g/mol. The molecular weight excluding hydrogens is 440 g/mol. The number of para-hydroxylation sites is 1. The zero-order valence-electron chi connectivity index (χ0n) is 12.5. The number of nitrogens with zero attached hydrogens (tertiary/aromatic N) is 1. The number of carbonyl (C=O) groups is 2. The summed E-state index contributed by atoms with van der Waals surface area (Å²) in [6.45, 7) is 0. The van der Waals surface area contributed by atoms with E-state index in [1.807, 2.05) is 6.07 Å². The molecule has 5 nitrogen and oxygen atoms in total. The summed E-state index contributed by atoms with van der Waals surface area (Å²) in [4.78, 5) is 24.7. The van der Waals surface area contributed by atoms with E-state index in [-0.39, 0.29) is 5.57 Å². The molecular formula is C17H12Br2N2O3. The molecule has 1 saturated heterocycles. The molecule has 0 radical (unpaired) electrons. The van der Waals surface area contributed by atoms with Crippen molar-refractivity contribution in [3.63, 3.8) is 0 Å². The van der Waals surface area contributed by atoms with Gasteiger partial charge in [0.1, 0.15) is 11.3 Å². The van der Waals surface area contributed by atoms with E-state index in [4.69, 9.17) is 4.74 Å². The van der Waals surface area contributed by atoms with E-state index in [9.17, 15) is 9.59 Å². The van der Waals surface area contributed by atoms with Crippen molar-refractivity contribution in [2.75, 3.05) is 12.1 Å². The van der Waals surface area contributed by atoms with Crippen molar-refractivity contribution >= 4 is 55.4 Å². The van der Waals surface area contributed by atoms with Gasteiger partial charge in [0.15, 0.2) is 0 Å². The molecule has 0 saturated carbocycles. The molecule has 0 spiro atoms. The van der Waals surface area contributed by atoms with Gasteiger partial charge in [-0.1, -0.05) is 18.2 Å². The van der Waals surface area contributed by atoms with E-state index in [0.717, 1.165) is 8.95 Å². The molecule has 0 aromatic heterocycles. The molecule has 3 rings (SSSR count). The van der Waals surface area contributed by atoms with Crippen LogP contribution in [0.1, 0.15) is 5.56 Å². The highest BCUT2D eigenvalue weighted by Crippen LogP contribution is 2.35. The Hall–Kier alpha value is -2.12. The first-order chi connectivity index (χ1) is 11.5. The number of carbonyl (C=O) groups excluding carboxylic acids is 2. The Morgan fingerprint density at radius 2 is 1.71 bits per heavy atom. The maximum absolute atomic E-state index is 12.5. The smallest absolute Gasteiger partial charge is 0.282 e. The highest BCUT2D eigenvalue weighted by Gasteiger charge is 2.34. The van der Waals surface area contributed by atoms with Gasteiger partial charge in [-0.05, 0) is 67.8 Å². The maximum atomic E-state index is 12.5. The Kier molecular flexibility index (Phi) is 4.73. The van der Waals surface area contributed by atoms with Crippen LogP contribution >= 0.6 is 31.9 Å². The Labute approximate surface area is 155 Å². The summed E-state index contributed by atoms with van der Waals surface area (Å²) in [5.74, 6) is -0.188. The van der Waals surface area contributed by atoms with Crippen LogP contribution in [0.4, 0.5) is 5.69 Å². The number of benzene rings is 2. The van der Waals surface area contributed by atoms with E-state index in [1.165, 1.54) is 5.01 Å². The summed E-state index contributed by atoms with van der Waals surface area (Å²) in [5.41, 5.74) is 3.95. The van der Waals surface area contributed by atoms with Gasteiger partial charge >= 0.3 is 0 Å². The van der Waals surface area contributed by atoms with E-state index in [2.05, 4.69) is 37.3 Å². The number of methoxy groups -OCH3 is 1. The number of anilines is 1. The van der Waals surface area contributed by atoms with Crippen molar-refractivity contribution in [3.8, 4) is 5.75 Å². The minimum Gasteiger partial charge on any atom is -0.494 e. The first-order valence-corrected chi connectivity index (χ1v) is 8.55. The fourth-order valence-corrected chi connectivity index (χ4v) is 3.89. The quantitative estimate of drug-likeness (QED) is 0.572. The second-order valence-corrected chi connectivity index (χ2v) is 6.70. The van der Waals surface area contributed by atoms with Crippen LogP contribution in [-0.4, -0.2) is 18.9 Å². The lowest BCUT2D eigenvalue weighted by atomic mass is 10.1. The normalized spacial score (nSPS) is 15.8. The van der Waals surface area contributed by atoms with Gasteiger partial charge in [0, 0.05) is 0 Å². The lowest BCUT2D eigenvalue weighted by molar-refractivity contribution is -0.117. The van der Waals surface area contributed by atoms with Gasteiger partial charge in [0.25, 0.3) is 11.8 Å². The number of rotatable bonds is 3. The van der Waals surface area contributed by atoms with Gasteiger partial charge in [-0.25, -0.2) is 5.01 Å². The molecule has 2 amide bonds. The van der Waals surface area contributed by atoms with Crippen LogP contribution in [0.5, 0.6) is 5.75 Å². The molecule has 0 unspecified atom stereocenters. The summed E-state index contributed by atoms with van der Waals surface area (Å²) in [5, 5.41) is 1.24. The first kappa shape index (κ1) is 16.7. The zero-order chi connectivity index (χ0) is 17.3. The number of nitrogens with one attached hydrogen (secondary N) is 1. The SMILES string of the molecule is COc1c(Br)cc(/C=C2/C(=O)NN(c3ccccc3)C2=O)cc1Br. The summed E-state index contributed by atoms with van der Waals surface area (Å²) in [6, 6.07) is 12.5. The van der Waals surface area contributed by atoms with Crippen molar-refractivity contribution in [1.82, 2.24) is 5.43 Å². The molecule has 0 bridgehead atoms. The molecule has 0 atom stereocenters. The summed E-state index contributed by atoms with van der Waals surface area (Å²) >= 11 is 6.81. The number of ether oxygens (including phenoxy) is 1. The van der Waals surface area contributed by atoms with Crippen molar-refractivity contribution in [2.24, 2.45) is 0 Å². The number of hydrazine groups is 1. The Balaban J connectivity index is 1.96. The van der Waals surface area contributed by atoms with Crippen LogP contribution in [-0.2, 0) is 9.59 Å². The standard InChI is InChI=1S/C17H12Br2N2O3/c1-24-15-13(18)8-10(9-14(15)19)7-12-16(22)20-21(17(12)23)11-5-3-2-4-6-11/h2-9H,1H3,(H,20,22)/b12-7-.